The smallest absolute Gasteiger partial charge is 0.159 e. The molecule has 0 bridgehead atoms. The minimum atomic E-state index is 0. The number of Topliss-reactive ketones (excluding diaryl/α,β-unsaturated/α-hetero) is 3. The zero-order valence-corrected chi connectivity index (χ0v) is 20.0. The number of thiophene rings is 1. The summed E-state index contributed by atoms with van der Waals surface area (Å²) in [6.45, 7) is 11.7. The number of ketones is 3. The van der Waals surface area contributed by atoms with E-state index in [1.54, 1.807) is 30.7 Å². The van der Waals surface area contributed by atoms with E-state index < -0.39 is 0 Å². The lowest BCUT2D eigenvalue weighted by Crippen LogP contribution is -1.88. The van der Waals surface area contributed by atoms with Crippen LogP contribution >= 0.6 is 11.3 Å². The maximum absolute atomic E-state index is 10.6. The Bertz CT molecular complexity index is 664. The molecular formula is C27H43NO3S. The van der Waals surface area contributed by atoms with E-state index in [4.69, 9.17) is 0 Å². The average molecular weight is 462 g/mol. The summed E-state index contributed by atoms with van der Waals surface area (Å²) in [7, 11) is 0. The Hall–Kier alpha value is -2.92. The Kier molecular flexibility index (Phi) is 40.5. The highest BCUT2D eigenvalue weighted by molar-refractivity contribution is 7.07. The van der Waals surface area contributed by atoms with Gasteiger partial charge in [-0.3, -0.25) is 9.78 Å². The minimum Gasteiger partial charge on any atom is -0.300 e. The van der Waals surface area contributed by atoms with Crippen LogP contribution in [0, 0.1) is 0 Å². The molecule has 0 saturated carbocycles. The second-order valence-corrected chi connectivity index (χ2v) is 6.37. The summed E-state index contributed by atoms with van der Waals surface area (Å²) < 4.78 is 0. The second kappa shape index (κ2) is 32.7. The molecule has 0 radical (unpaired) electrons. The summed E-state index contributed by atoms with van der Waals surface area (Å²) in [6.07, 6.45) is 3.50. The highest BCUT2D eigenvalue weighted by atomic mass is 32.1. The Balaban J connectivity index is -0.0000000949. The fourth-order valence-corrected chi connectivity index (χ4v) is 1.67. The average Bonchev–Trinajstić information content (AvgIpc) is 3.31. The summed E-state index contributed by atoms with van der Waals surface area (Å²) in [5, 5.41) is 4.08. The van der Waals surface area contributed by atoms with Crippen molar-refractivity contribution in [2.45, 2.75) is 63.3 Å². The van der Waals surface area contributed by atoms with Gasteiger partial charge in [0.2, 0.25) is 0 Å². The molecular weight excluding hydrogens is 418 g/mol. The van der Waals surface area contributed by atoms with E-state index in [1.807, 2.05) is 85.3 Å². The van der Waals surface area contributed by atoms with E-state index in [-0.39, 0.29) is 32.2 Å². The number of hydrogen-bond donors (Lipinski definition) is 0. The highest BCUT2D eigenvalue weighted by Crippen LogP contribution is 1.97. The van der Waals surface area contributed by atoms with E-state index in [0.717, 1.165) is 5.56 Å². The monoisotopic (exact) mass is 461 g/mol. The van der Waals surface area contributed by atoms with Crippen LogP contribution in [0.4, 0.5) is 0 Å². The molecule has 0 atom stereocenters. The van der Waals surface area contributed by atoms with Crippen LogP contribution in [0.25, 0.3) is 0 Å². The molecule has 0 spiro atoms. The van der Waals surface area contributed by atoms with Gasteiger partial charge in [-0.05, 0) is 57.5 Å². The molecule has 5 heteroatoms. The van der Waals surface area contributed by atoms with Gasteiger partial charge in [0.25, 0.3) is 0 Å². The Morgan fingerprint density at radius 1 is 0.625 bits per heavy atom. The van der Waals surface area contributed by atoms with Gasteiger partial charge in [0.1, 0.15) is 11.6 Å². The molecule has 4 nitrogen and oxygen atoms in total. The molecule has 1 aromatic carbocycles. The van der Waals surface area contributed by atoms with Crippen LogP contribution in [0.3, 0.4) is 0 Å². The van der Waals surface area contributed by atoms with Gasteiger partial charge in [0.15, 0.2) is 5.78 Å². The summed E-state index contributed by atoms with van der Waals surface area (Å²) in [6, 6.07) is 19.0. The zero-order chi connectivity index (χ0) is 23.6. The number of nitrogens with zero attached hydrogens (tertiary/aromatic N) is 1. The van der Waals surface area contributed by atoms with E-state index >= 15 is 0 Å². The zero-order valence-electron chi connectivity index (χ0n) is 19.2. The van der Waals surface area contributed by atoms with Gasteiger partial charge >= 0.3 is 0 Å². The van der Waals surface area contributed by atoms with Crippen molar-refractivity contribution in [3.05, 3.63) is 89.4 Å². The maximum atomic E-state index is 10.6. The number of hydrogen-bond acceptors (Lipinski definition) is 5. The lowest BCUT2D eigenvalue weighted by Gasteiger charge is -1.89. The molecule has 0 N–H and O–H groups in total. The van der Waals surface area contributed by atoms with Gasteiger partial charge in [-0.15, -0.1) is 0 Å². The number of aromatic nitrogens is 1. The lowest BCUT2D eigenvalue weighted by atomic mass is 10.2. The van der Waals surface area contributed by atoms with Gasteiger partial charge in [0.05, 0.1) is 0 Å². The molecule has 2 heterocycles. The SMILES string of the molecule is C.C.CC.CC(=O)c1ccccc1.CC(C)=O.CC(C)=O.c1ccncc1.c1ccsc1. The van der Waals surface area contributed by atoms with E-state index in [2.05, 4.69) is 4.98 Å². The van der Waals surface area contributed by atoms with Crippen molar-refractivity contribution >= 4 is 28.7 Å². The molecule has 0 amide bonds. The summed E-state index contributed by atoms with van der Waals surface area (Å²) in [5.74, 6) is 0.454. The molecule has 0 unspecified atom stereocenters. The number of benzene rings is 1. The third kappa shape index (κ3) is 45.7. The molecule has 180 valence electrons. The van der Waals surface area contributed by atoms with Gasteiger partial charge in [0, 0.05) is 18.0 Å². The second-order valence-electron chi connectivity index (χ2n) is 5.56. The van der Waals surface area contributed by atoms with Crippen molar-refractivity contribution < 1.29 is 14.4 Å². The Morgan fingerprint density at radius 2 is 0.969 bits per heavy atom. The van der Waals surface area contributed by atoms with Gasteiger partial charge in [-0.1, -0.05) is 77.2 Å². The fourth-order valence-electron chi connectivity index (χ4n) is 1.21. The Labute approximate surface area is 200 Å². The van der Waals surface area contributed by atoms with Crippen molar-refractivity contribution in [3.8, 4) is 0 Å². The van der Waals surface area contributed by atoms with Crippen molar-refractivity contribution in [1.29, 1.82) is 0 Å². The molecule has 2 aromatic heterocycles. The molecule has 0 aliphatic carbocycles. The van der Waals surface area contributed by atoms with Crippen molar-refractivity contribution in [2.24, 2.45) is 0 Å². The minimum absolute atomic E-state index is 0. The van der Waals surface area contributed by atoms with Crippen LogP contribution in [0.5, 0.6) is 0 Å². The third-order valence-corrected chi connectivity index (χ3v) is 2.80. The van der Waals surface area contributed by atoms with E-state index in [1.165, 1.54) is 27.7 Å². The maximum Gasteiger partial charge on any atom is 0.159 e. The van der Waals surface area contributed by atoms with Crippen LogP contribution in [-0.4, -0.2) is 22.3 Å². The fraction of sp³-hybridized carbons (Fsp3) is 0.333. The molecule has 0 aliphatic rings. The predicted molar refractivity (Wildman–Crippen MR) is 143 cm³/mol. The summed E-state index contributed by atoms with van der Waals surface area (Å²) in [5.41, 5.74) is 0.775. The quantitative estimate of drug-likeness (QED) is 0.342. The predicted octanol–water partition coefficient (Wildman–Crippen LogP) is 8.21. The first-order valence-corrected chi connectivity index (χ1v) is 10.5. The largest absolute Gasteiger partial charge is 0.300 e. The molecule has 0 saturated heterocycles. The van der Waals surface area contributed by atoms with Gasteiger partial charge in [-0.2, -0.15) is 11.3 Å². The molecule has 3 aromatic rings. The van der Waals surface area contributed by atoms with E-state index in [9.17, 15) is 14.4 Å². The molecule has 3 rings (SSSR count). The van der Waals surface area contributed by atoms with Crippen molar-refractivity contribution in [3.63, 3.8) is 0 Å². The van der Waals surface area contributed by atoms with Crippen molar-refractivity contribution in [2.75, 3.05) is 0 Å². The van der Waals surface area contributed by atoms with Gasteiger partial charge < -0.3 is 9.59 Å². The van der Waals surface area contributed by atoms with Crippen LogP contribution in [0.2, 0.25) is 0 Å². The highest BCUT2D eigenvalue weighted by Gasteiger charge is 1.92. The third-order valence-electron chi connectivity index (χ3n) is 2.17. The molecule has 32 heavy (non-hydrogen) atoms. The van der Waals surface area contributed by atoms with Gasteiger partial charge in [-0.25, -0.2) is 0 Å². The lowest BCUT2D eigenvalue weighted by molar-refractivity contribution is -0.115. The van der Waals surface area contributed by atoms with Crippen LogP contribution in [0.15, 0.2) is 83.8 Å². The Morgan fingerprint density at radius 3 is 1.12 bits per heavy atom. The van der Waals surface area contributed by atoms with Crippen LogP contribution in [-0.2, 0) is 9.59 Å². The molecule has 0 aliphatic heterocycles. The number of pyridine rings is 1. The standard InChI is InChI=1S/C8H8O.C5H5N.C4H4S.2C3H6O.C2H6.2CH4/c1-7(9)8-5-3-2-4-6-8;1-2-4-6-5-3-1;1-2-4-5-3-1;2*1-3(2)4;1-2;;/h2-6H,1H3;1-5H;1-4H;2*1-2H3;1-2H3;2*1H4. The number of rotatable bonds is 1. The number of carbonyl (C=O) groups is 3. The topological polar surface area (TPSA) is 64.1 Å². The first-order valence-electron chi connectivity index (χ1n) is 9.59. The summed E-state index contributed by atoms with van der Waals surface area (Å²) in [4.78, 5) is 33.3. The first-order chi connectivity index (χ1) is 14.3. The normalized spacial score (nSPS) is 7.09. The van der Waals surface area contributed by atoms with E-state index in [0.29, 0.717) is 0 Å². The number of carbonyl (C=O) groups excluding carboxylic acids is 3. The first kappa shape index (κ1) is 39.5. The van der Waals surface area contributed by atoms with Crippen LogP contribution < -0.4 is 0 Å². The molecule has 0 fully saturated rings. The summed E-state index contributed by atoms with van der Waals surface area (Å²) >= 11 is 1.71. The van der Waals surface area contributed by atoms with Crippen molar-refractivity contribution in [1.82, 2.24) is 4.98 Å². The van der Waals surface area contributed by atoms with Crippen LogP contribution in [0.1, 0.15) is 73.7 Å².